The lowest BCUT2D eigenvalue weighted by Crippen LogP contribution is -2.57. The van der Waals surface area contributed by atoms with Gasteiger partial charge in [-0.05, 0) is 49.6 Å². The molecular weight excluding hydrogens is 408 g/mol. The van der Waals surface area contributed by atoms with Gasteiger partial charge in [-0.2, -0.15) is 0 Å². The normalized spacial score (nSPS) is 21.3. The first kappa shape index (κ1) is 22.0. The highest BCUT2D eigenvalue weighted by atomic mass is 32.1. The summed E-state index contributed by atoms with van der Waals surface area (Å²) in [6.45, 7) is 4.41. The van der Waals surface area contributed by atoms with E-state index in [9.17, 15) is 9.59 Å². The second-order valence-electron chi connectivity index (χ2n) is 8.64. The van der Waals surface area contributed by atoms with Crippen molar-refractivity contribution in [3.05, 3.63) is 57.8 Å². The van der Waals surface area contributed by atoms with Crippen molar-refractivity contribution in [2.24, 2.45) is 5.73 Å². The van der Waals surface area contributed by atoms with Gasteiger partial charge in [0.1, 0.15) is 6.04 Å². The molecule has 2 heterocycles. The van der Waals surface area contributed by atoms with Gasteiger partial charge in [-0.3, -0.25) is 14.5 Å². The Hall–Kier alpha value is -2.22. The quantitative estimate of drug-likeness (QED) is 0.662. The highest BCUT2D eigenvalue weighted by Gasteiger charge is 2.42. The first-order chi connectivity index (χ1) is 15.1. The number of thiophene rings is 1. The van der Waals surface area contributed by atoms with E-state index in [-0.39, 0.29) is 17.9 Å². The highest BCUT2D eigenvalue weighted by Crippen LogP contribution is 2.35. The third kappa shape index (κ3) is 5.34. The fourth-order valence-corrected chi connectivity index (χ4v) is 5.14. The van der Waals surface area contributed by atoms with Gasteiger partial charge in [-0.25, -0.2) is 0 Å². The van der Waals surface area contributed by atoms with Crippen molar-refractivity contribution in [2.75, 3.05) is 19.6 Å². The molecule has 166 valence electrons. The number of carbonyl (C=O) groups is 2. The van der Waals surface area contributed by atoms with Crippen LogP contribution < -0.4 is 11.1 Å². The Labute approximate surface area is 188 Å². The van der Waals surface area contributed by atoms with E-state index in [1.165, 1.54) is 35.3 Å². The van der Waals surface area contributed by atoms with Gasteiger partial charge in [0.15, 0.2) is 0 Å². The average molecular weight is 441 g/mol. The van der Waals surface area contributed by atoms with Crippen molar-refractivity contribution in [3.8, 4) is 0 Å². The molecule has 2 atom stereocenters. The van der Waals surface area contributed by atoms with Gasteiger partial charge in [0.05, 0.1) is 4.88 Å². The van der Waals surface area contributed by atoms with E-state index in [2.05, 4.69) is 41.4 Å². The fourth-order valence-electron chi connectivity index (χ4n) is 4.46. The second-order valence-corrected chi connectivity index (χ2v) is 9.59. The Balaban J connectivity index is 1.51. The lowest BCUT2D eigenvalue weighted by atomic mass is 9.94. The van der Waals surface area contributed by atoms with Gasteiger partial charge < -0.3 is 16.0 Å². The highest BCUT2D eigenvalue weighted by molar-refractivity contribution is 7.12. The number of nitrogens with two attached hydrogens (primary N) is 1. The maximum absolute atomic E-state index is 13.1. The van der Waals surface area contributed by atoms with E-state index < -0.39 is 6.04 Å². The molecule has 1 unspecified atom stereocenters. The van der Waals surface area contributed by atoms with Crippen LogP contribution in [0.4, 0.5) is 0 Å². The van der Waals surface area contributed by atoms with Crippen molar-refractivity contribution in [1.29, 1.82) is 0 Å². The van der Waals surface area contributed by atoms with Crippen molar-refractivity contribution < 1.29 is 9.59 Å². The minimum absolute atomic E-state index is 0.0437. The molecular formula is C24H32N4O2S. The molecule has 1 aliphatic heterocycles. The summed E-state index contributed by atoms with van der Waals surface area (Å²) in [4.78, 5) is 31.2. The molecule has 0 radical (unpaired) electrons. The maximum atomic E-state index is 13.1. The van der Waals surface area contributed by atoms with Gasteiger partial charge in [0, 0.05) is 38.3 Å². The van der Waals surface area contributed by atoms with Crippen LogP contribution in [-0.2, 0) is 11.3 Å². The summed E-state index contributed by atoms with van der Waals surface area (Å²) in [5.74, 6) is -0.135. The lowest BCUT2D eigenvalue weighted by molar-refractivity contribution is -0.127. The average Bonchev–Trinajstić information content (AvgIpc) is 3.48. The van der Waals surface area contributed by atoms with E-state index in [0.717, 1.165) is 13.0 Å². The van der Waals surface area contributed by atoms with Gasteiger partial charge in [0.2, 0.25) is 5.91 Å². The first-order valence-corrected chi connectivity index (χ1v) is 12.1. The first-order valence-electron chi connectivity index (χ1n) is 11.2. The molecule has 0 spiro atoms. The number of aryl methyl sites for hydroxylation is 1. The van der Waals surface area contributed by atoms with Crippen LogP contribution >= 0.6 is 11.3 Å². The van der Waals surface area contributed by atoms with Gasteiger partial charge >= 0.3 is 0 Å². The predicted octanol–water partition coefficient (Wildman–Crippen LogP) is 2.77. The van der Waals surface area contributed by atoms with Gasteiger partial charge in [-0.1, -0.05) is 35.9 Å². The number of piperidine rings is 1. The minimum atomic E-state index is -0.459. The molecule has 2 amide bonds. The van der Waals surface area contributed by atoms with Crippen molar-refractivity contribution in [1.82, 2.24) is 15.1 Å². The zero-order valence-electron chi connectivity index (χ0n) is 18.1. The molecule has 1 aliphatic carbocycles. The van der Waals surface area contributed by atoms with E-state index in [1.54, 1.807) is 4.90 Å². The zero-order valence-corrected chi connectivity index (χ0v) is 18.9. The molecule has 1 saturated carbocycles. The molecule has 31 heavy (non-hydrogen) atoms. The molecule has 6 nitrogen and oxygen atoms in total. The predicted molar refractivity (Wildman–Crippen MR) is 124 cm³/mol. The second kappa shape index (κ2) is 9.94. The Morgan fingerprint density at radius 1 is 1.16 bits per heavy atom. The Kier molecular flexibility index (Phi) is 7.05. The molecule has 2 aromatic rings. The van der Waals surface area contributed by atoms with Crippen LogP contribution in [0.5, 0.6) is 0 Å². The summed E-state index contributed by atoms with van der Waals surface area (Å²) in [5, 5.41) is 4.82. The Bertz CT molecular complexity index is 879. The van der Waals surface area contributed by atoms with Crippen LogP contribution in [0.3, 0.4) is 0 Å². The summed E-state index contributed by atoms with van der Waals surface area (Å²) in [6, 6.07) is 12.8. The number of amides is 2. The largest absolute Gasteiger partial charge is 0.353 e. The van der Waals surface area contributed by atoms with Crippen molar-refractivity contribution >= 4 is 23.2 Å². The van der Waals surface area contributed by atoms with E-state index in [0.29, 0.717) is 37.0 Å². The lowest BCUT2D eigenvalue weighted by Gasteiger charge is -2.43. The molecule has 3 N–H and O–H groups in total. The summed E-state index contributed by atoms with van der Waals surface area (Å²) in [6.07, 6.45) is 3.98. The van der Waals surface area contributed by atoms with E-state index in [4.69, 9.17) is 5.73 Å². The Morgan fingerprint density at radius 2 is 1.94 bits per heavy atom. The summed E-state index contributed by atoms with van der Waals surface area (Å²) in [7, 11) is 0. The number of rotatable bonds is 8. The number of carbonyl (C=O) groups excluding carboxylic acids is 2. The van der Waals surface area contributed by atoms with Crippen LogP contribution in [-0.4, -0.2) is 59.4 Å². The van der Waals surface area contributed by atoms with Crippen LogP contribution in [0.2, 0.25) is 0 Å². The summed E-state index contributed by atoms with van der Waals surface area (Å²) in [5.41, 5.74) is 8.16. The van der Waals surface area contributed by atoms with E-state index >= 15 is 0 Å². The molecule has 1 aromatic heterocycles. The number of benzene rings is 1. The molecule has 0 bridgehead atoms. The number of nitrogens with zero attached hydrogens (tertiary/aromatic N) is 2. The van der Waals surface area contributed by atoms with Crippen LogP contribution in [0.25, 0.3) is 0 Å². The molecule has 2 aliphatic rings. The molecule has 1 aromatic carbocycles. The monoisotopic (exact) mass is 440 g/mol. The molecule has 2 fully saturated rings. The summed E-state index contributed by atoms with van der Waals surface area (Å²) < 4.78 is 0. The number of hydrogen-bond donors (Lipinski definition) is 2. The molecule has 4 rings (SSSR count). The smallest absolute Gasteiger partial charge is 0.264 e. The third-order valence-electron chi connectivity index (χ3n) is 6.28. The SMILES string of the molecule is Cc1ccc(CN(C2CC2)C2CCN(C(=O)c3cccs3)[C@@H](C(=O)NCCN)C2)cc1. The number of hydrogen-bond acceptors (Lipinski definition) is 5. The van der Waals surface area contributed by atoms with E-state index in [1.807, 2.05) is 17.5 Å². The molecule has 7 heteroatoms. The standard InChI is InChI=1S/C24H32N4O2S/c1-17-4-6-18(7-5-17)16-28(19-8-9-19)20-10-13-27(24(30)22-3-2-14-31-22)21(15-20)23(29)26-12-11-25/h2-7,14,19-21H,8-13,15-16,25H2,1H3,(H,26,29)/t20?,21-/m1/s1. The minimum Gasteiger partial charge on any atom is -0.353 e. The Morgan fingerprint density at radius 3 is 2.58 bits per heavy atom. The van der Waals surface area contributed by atoms with Crippen molar-refractivity contribution in [2.45, 2.75) is 57.3 Å². The van der Waals surface area contributed by atoms with Crippen LogP contribution in [0, 0.1) is 6.92 Å². The van der Waals surface area contributed by atoms with Crippen molar-refractivity contribution in [3.63, 3.8) is 0 Å². The third-order valence-corrected chi connectivity index (χ3v) is 7.14. The number of likely N-dealkylation sites (tertiary alicyclic amines) is 1. The van der Waals surface area contributed by atoms with Crippen LogP contribution in [0.15, 0.2) is 41.8 Å². The molecule has 1 saturated heterocycles. The number of nitrogens with one attached hydrogen (secondary N) is 1. The van der Waals surface area contributed by atoms with Crippen LogP contribution in [0.1, 0.15) is 46.5 Å². The summed E-state index contributed by atoms with van der Waals surface area (Å²) >= 11 is 1.43. The fraction of sp³-hybridized carbons (Fsp3) is 0.500. The zero-order chi connectivity index (χ0) is 21.8. The van der Waals surface area contributed by atoms with Gasteiger partial charge in [-0.15, -0.1) is 11.3 Å². The maximum Gasteiger partial charge on any atom is 0.264 e. The topological polar surface area (TPSA) is 78.7 Å². The van der Waals surface area contributed by atoms with Gasteiger partial charge in [0.25, 0.3) is 5.91 Å².